The third-order valence-corrected chi connectivity index (χ3v) is 2.89. The lowest BCUT2D eigenvalue weighted by Gasteiger charge is -2.07. The molecule has 104 valence electrons. The molecule has 0 saturated heterocycles. The molecule has 5 heteroatoms. The molecule has 0 aliphatic heterocycles. The first-order valence-corrected chi connectivity index (χ1v) is 6.26. The first-order valence-electron chi connectivity index (χ1n) is 6.26. The van der Waals surface area contributed by atoms with Crippen LogP contribution in [0.5, 0.6) is 0 Å². The smallest absolute Gasteiger partial charge is 0.262 e. The molecule has 5 nitrogen and oxygen atoms in total. The maximum absolute atomic E-state index is 11.8. The maximum atomic E-state index is 11.8. The van der Waals surface area contributed by atoms with E-state index in [0.29, 0.717) is 0 Å². The van der Waals surface area contributed by atoms with Gasteiger partial charge in [0.25, 0.3) is 5.91 Å². The standard InChI is InChI=1S/C15H16N2O3/c1-20-17-15(19)10-16-14(18)9-12-7-4-6-11-5-2-3-8-13(11)12/h2-8H,9-10H2,1H3,(H,16,18)(H,17,19). The number of benzene rings is 2. The van der Waals surface area contributed by atoms with Crippen LogP contribution in [0.3, 0.4) is 0 Å². The van der Waals surface area contributed by atoms with Gasteiger partial charge in [-0.05, 0) is 16.3 Å². The van der Waals surface area contributed by atoms with E-state index in [-0.39, 0.29) is 18.9 Å². The molecule has 0 aliphatic carbocycles. The number of hydrogen-bond acceptors (Lipinski definition) is 3. The lowest BCUT2D eigenvalue weighted by molar-refractivity contribution is -0.132. The first-order chi connectivity index (χ1) is 9.70. The molecule has 0 fully saturated rings. The van der Waals surface area contributed by atoms with Crippen LogP contribution >= 0.6 is 0 Å². The topological polar surface area (TPSA) is 67.4 Å². The second-order valence-corrected chi connectivity index (χ2v) is 4.32. The zero-order chi connectivity index (χ0) is 14.4. The van der Waals surface area contributed by atoms with Gasteiger partial charge >= 0.3 is 0 Å². The summed E-state index contributed by atoms with van der Waals surface area (Å²) < 4.78 is 0. The molecule has 0 saturated carbocycles. The Morgan fingerprint density at radius 1 is 1.05 bits per heavy atom. The van der Waals surface area contributed by atoms with Crippen LogP contribution in [0.2, 0.25) is 0 Å². The van der Waals surface area contributed by atoms with Crippen molar-refractivity contribution in [2.45, 2.75) is 6.42 Å². The molecule has 0 unspecified atom stereocenters. The fourth-order valence-corrected chi connectivity index (χ4v) is 2.01. The Balaban J connectivity index is 2.01. The van der Waals surface area contributed by atoms with Crippen LogP contribution in [0, 0.1) is 0 Å². The summed E-state index contributed by atoms with van der Waals surface area (Å²) in [6, 6.07) is 13.7. The highest BCUT2D eigenvalue weighted by atomic mass is 16.6. The highest BCUT2D eigenvalue weighted by Gasteiger charge is 2.08. The number of hydrogen-bond donors (Lipinski definition) is 2. The number of hydroxylamine groups is 1. The SMILES string of the molecule is CONC(=O)CNC(=O)Cc1cccc2ccccc12. The van der Waals surface area contributed by atoms with Crippen LogP contribution in [0.25, 0.3) is 10.8 Å². The molecule has 0 bridgehead atoms. The van der Waals surface area contributed by atoms with Gasteiger partial charge in [0.05, 0.1) is 20.1 Å². The minimum Gasteiger partial charge on any atom is -0.347 e. The number of nitrogens with one attached hydrogen (secondary N) is 2. The second kappa shape index (κ2) is 6.68. The predicted molar refractivity (Wildman–Crippen MR) is 75.8 cm³/mol. The molecule has 2 aromatic carbocycles. The monoisotopic (exact) mass is 272 g/mol. The third-order valence-electron chi connectivity index (χ3n) is 2.89. The fraction of sp³-hybridized carbons (Fsp3) is 0.200. The summed E-state index contributed by atoms with van der Waals surface area (Å²) in [5, 5.41) is 4.69. The maximum Gasteiger partial charge on any atom is 0.262 e. The van der Waals surface area contributed by atoms with E-state index in [9.17, 15) is 9.59 Å². The van der Waals surface area contributed by atoms with Crippen molar-refractivity contribution in [3.63, 3.8) is 0 Å². The van der Waals surface area contributed by atoms with E-state index < -0.39 is 5.91 Å². The molecule has 2 aromatic rings. The summed E-state index contributed by atoms with van der Waals surface area (Å²) in [6.07, 6.45) is 0.238. The number of carbonyl (C=O) groups excluding carboxylic acids is 2. The van der Waals surface area contributed by atoms with Crippen molar-refractivity contribution >= 4 is 22.6 Å². The molecule has 0 aromatic heterocycles. The molecule has 2 rings (SSSR count). The Hall–Kier alpha value is -2.40. The number of amides is 2. The van der Waals surface area contributed by atoms with E-state index in [1.54, 1.807) is 0 Å². The summed E-state index contributed by atoms with van der Waals surface area (Å²) >= 11 is 0. The van der Waals surface area contributed by atoms with Gasteiger partial charge in [0, 0.05) is 0 Å². The van der Waals surface area contributed by atoms with Crippen LogP contribution in [0.4, 0.5) is 0 Å². The van der Waals surface area contributed by atoms with Crippen LogP contribution in [0.1, 0.15) is 5.56 Å². The Morgan fingerprint density at radius 2 is 1.80 bits per heavy atom. The molecular formula is C15H16N2O3. The quantitative estimate of drug-likeness (QED) is 0.803. The summed E-state index contributed by atoms with van der Waals surface area (Å²) in [6.45, 7) is -0.0998. The van der Waals surface area contributed by atoms with Crippen LogP contribution in [-0.4, -0.2) is 25.5 Å². The normalized spacial score (nSPS) is 10.2. The number of carbonyl (C=O) groups is 2. The zero-order valence-electron chi connectivity index (χ0n) is 11.2. The molecule has 0 aliphatic rings. The molecule has 2 amide bonds. The zero-order valence-corrected chi connectivity index (χ0v) is 11.2. The van der Waals surface area contributed by atoms with Crippen molar-refractivity contribution in [2.75, 3.05) is 13.7 Å². The van der Waals surface area contributed by atoms with E-state index in [2.05, 4.69) is 15.6 Å². The molecule has 0 radical (unpaired) electrons. The number of rotatable bonds is 5. The molecule has 20 heavy (non-hydrogen) atoms. The van der Waals surface area contributed by atoms with Crippen molar-refractivity contribution in [3.8, 4) is 0 Å². The van der Waals surface area contributed by atoms with E-state index >= 15 is 0 Å². The van der Waals surface area contributed by atoms with Crippen molar-refractivity contribution in [3.05, 3.63) is 48.0 Å². The summed E-state index contributed by atoms with van der Waals surface area (Å²) in [4.78, 5) is 27.5. The van der Waals surface area contributed by atoms with Gasteiger partial charge in [0.1, 0.15) is 0 Å². The first kappa shape index (κ1) is 14.0. The van der Waals surface area contributed by atoms with Crippen molar-refractivity contribution in [1.29, 1.82) is 0 Å². The second-order valence-electron chi connectivity index (χ2n) is 4.32. The largest absolute Gasteiger partial charge is 0.347 e. The third kappa shape index (κ3) is 3.55. The van der Waals surface area contributed by atoms with Gasteiger partial charge in [-0.3, -0.25) is 14.4 Å². The lowest BCUT2D eigenvalue weighted by Crippen LogP contribution is -2.37. The Bertz CT molecular complexity index is 620. The Kier molecular flexibility index (Phi) is 4.68. The van der Waals surface area contributed by atoms with Gasteiger partial charge in [0.15, 0.2) is 0 Å². The lowest BCUT2D eigenvalue weighted by atomic mass is 10.0. The Labute approximate surface area is 116 Å². The average molecular weight is 272 g/mol. The van der Waals surface area contributed by atoms with Crippen molar-refractivity contribution in [2.24, 2.45) is 0 Å². The van der Waals surface area contributed by atoms with Gasteiger partial charge < -0.3 is 5.32 Å². The van der Waals surface area contributed by atoms with E-state index in [4.69, 9.17) is 0 Å². The predicted octanol–water partition coefficient (Wildman–Crippen LogP) is 1.18. The van der Waals surface area contributed by atoms with Crippen LogP contribution in [-0.2, 0) is 20.8 Å². The summed E-state index contributed by atoms with van der Waals surface area (Å²) in [5.41, 5.74) is 3.08. The summed E-state index contributed by atoms with van der Waals surface area (Å²) in [5.74, 6) is -0.591. The fourth-order valence-electron chi connectivity index (χ4n) is 2.01. The van der Waals surface area contributed by atoms with Crippen molar-refractivity contribution in [1.82, 2.24) is 10.8 Å². The molecule has 0 spiro atoms. The van der Waals surface area contributed by atoms with Gasteiger partial charge in [-0.1, -0.05) is 42.5 Å². The van der Waals surface area contributed by atoms with E-state index in [1.807, 2.05) is 42.5 Å². The molecular weight excluding hydrogens is 256 g/mol. The Morgan fingerprint density at radius 3 is 2.60 bits per heavy atom. The average Bonchev–Trinajstić information content (AvgIpc) is 2.46. The minimum absolute atomic E-state index is 0.0998. The molecule has 2 N–H and O–H groups in total. The van der Waals surface area contributed by atoms with Gasteiger partial charge in [-0.2, -0.15) is 0 Å². The highest BCUT2D eigenvalue weighted by Crippen LogP contribution is 2.18. The highest BCUT2D eigenvalue weighted by molar-refractivity contribution is 5.91. The number of fused-ring (bicyclic) bond motifs is 1. The van der Waals surface area contributed by atoms with Gasteiger partial charge in [-0.25, -0.2) is 5.48 Å². The van der Waals surface area contributed by atoms with Crippen LogP contribution in [0.15, 0.2) is 42.5 Å². The van der Waals surface area contributed by atoms with Gasteiger partial charge in [-0.15, -0.1) is 0 Å². The van der Waals surface area contributed by atoms with Crippen LogP contribution < -0.4 is 10.8 Å². The van der Waals surface area contributed by atoms with Crippen molar-refractivity contribution < 1.29 is 14.4 Å². The van der Waals surface area contributed by atoms with E-state index in [1.165, 1.54) is 7.11 Å². The van der Waals surface area contributed by atoms with Gasteiger partial charge in [0.2, 0.25) is 5.91 Å². The van der Waals surface area contributed by atoms with E-state index in [0.717, 1.165) is 16.3 Å². The minimum atomic E-state index is -0.390. The molecule has 0 atom stereocenters. The summed E-state index contributed by atoms with van der Waals surface area (Å²) in [7, 11) is 1.34. The molecule has 0 heterocycles.